The van der Waals surface area contributed by atoms with Crippen LogP contribution in [0.15, 0.2) is 35.6 Å². The van der Waals surface area contributed by atoms with Gasteiger partial charge in [-0.1, -0.05) is 92.9 Å². The van der Waals surface area contributed by atoms with Gasteiger partial charge in [0, 0.05) is 13.1 Å². The fourth-order valence-corrected chi connectivity index (χ4v) is 9.42. The van der Waals surface area contributed by atoms with E-state index in [0.717, 1.165) is 17.8 Å². The van der Waals surface area contributed by atoms with E-state index < -0.39 is 0 Å². The molecule has 1 saturated heterocycles. The highest BCUT2D eigenvalue weighted by atomic mass is 15.1. The van der Waals surface area contributed by atoms with Crippen molar-refractivity contribution in [3.8, 4) is 0 Å². The van der Waals surface area contributed by atoms with Gasteiger partial charge in [0.05, 0.1) is 0 Å². The van der Waals surface area contributed by atoms with Crippen LogP contribution in [0, 0.1) is 45.8 Å². The summed E-state index contributed by atoms with van der Waals surface area (Å²) in [5.74, 6) is 3.74. The molecule has 0 spiro atoms. The number of nitrogens with zero attached hydrogens (tertiary/aromatic N) is 1. The zero-order valence-corrected chi connectivity index (χ0v) is 26.1. The Morgan fingerprint density at radius 2 is 1.65 bits per heavy atom. The first-order valence-electron chi connectivity index (χ1n) is 16.3. The van der Waals surface area contributed by atoms with Crippen molar-refractivity contribution >= 4 is 0 Å². The molecular formula is C36H61N. The van der Waals surface area contributed by atoms with Gasteiger partial charge in [-0.15, -0.1) is 0 Å². The van der Waals surface area contributed by atoms with Crippen LogP contribution in [0.25, 0.3) is 0 Å². The second kappa shape index (κ2) is 11.3. The first kappa shape index (κ1) is 29.0. The number of allylic oxidation sites excluding steroid dienone is 4. The maximum absolute atomic E-state index is 4.97. The van der Waals surface area contributed by atoms with E-state index in [1.165, 1.54) is 95.7 Å². The van der Waals surface area contributed by atoms with Gasteiger partial charge < -0.3 is 4.90 Å². The first-order chi connectivity index (χ1) is 17.4. The van der Waals surface area contributed by atoms with Crippen molar-refractivity contribution in [2.75, 3.05) is 13.1 Å². The molecule has 1 nitrogen and oxygen atoms in total. The topological polar surface area (TPSA) is 3.24 Å². The van der Waals surface area contributed by atoms with E-state index in [9.17, 15) is 0 Å². The number of likely N-dealkylation sites (tertiary alicyclic amines) is 1. The fraction of sp³-hybridized carbons (Fsp3) is 0.833. The summed E-state index contributed by atoms with van der Waals surface area (Å²) in [5, 5.41) is 0. The molecule has 1 saturated carbocycles. The number of fused-ring (bicyclic) bond motifs is 2. The molecular weight excluding hydrogens is 446 g/mol. The number of hydrogen-bond donors (Lipinski definition) is 0. The maximum Gasteiger partial charge on any atom is 0.0172 e. The average molecular weight is 508 g/mol. The molecule has 0 bridgehead atoms. The standard InChI is InChI=1S/C36H61N/c1-26(2)14-13-15-27(3)31(20-25-37-23-11-10-12-24-37)35(8)22-19-32-30(29(35)5)16-17-33-34(6,7)28(4)18-21-36(32,33)9/h20,25-28,31,33H,5,10-19,21-24H2,1-4,6-9H3/b25-20+. The molecule has 210 valence electrons. The molecule has 0 aromatic carbocycles. The third kappa shape index (κ3) is 5.54. The summed E-state index contributed by atoms with van der Waals surface area (Å²) in [6.45, 7) is 27.7. The van der Waals surface area contributed by atoms with E-state index in [2.05, 4.69) is 72.6 Å². The number of hydrogen-bond acceptors (Lipinski definition) is 1. The lowest BCUT2D eigenvalue weighted by molar-refractivity contribution is -0.0338. The third-order valence-corrected chi connectivity index (χ3v) is 12.4. The zero-order valence-electron chi connectivity index (χ0n) is 26.1. The van der Waals surface area contributed by atoms with Crippen LogP contribution in [0.3, 0.4) is 0 Å². The predicted molar refractivity (Wildman–Crippen MR) is 162 cm³/mol. The molecule has 0 aromatic rings. The Morgan fingerprint density at radius 1 is 0.946 bits per heavy atom. The van der Waals surface area contributed by atoms with Crippen molar-refractivity contribution in [1.29, 1.82) is 0 Å². The summed E-state index contributed by atoms with van der Waals surface area (Å²) in [4.78, 5) is 2.61. The van der Waals surface area contributed by atoms with Crippen molar-refractivity contribution in [3.05, 3.63) is 35.6 Å². The van der Waals surface area contributed by atoms with Crippen molar-refractivity contribution in [2.24, 2.45) is 45.8 Å². The monoisotopic (exact) mass is 507 g/mol. The quantitative estimate of drug-likeness (QED) is 0.316. The summed E-state index contributed by atoms with van der Waals surface area (Å²) in [7, 11) is 0. The van der Waals surface area contributed by atoms with Crippen LogP contribution < -0.4 is 0 Å². The minimum Gasteiger partial charge on any atom is -0.378 e. The summed E-state index contributed by atoms with van der Waals surface area (Å²) in [5.41, 5.74) is 6.08. The van der Waals surface area contributed by atoms with Crippen LogP contribution in [-0.2, 0) is 0 Å². The Kier molecular flexibility index (Phi) is 8.82. The van der Waals surface area contributed by atoms with Gasteiger partial charge in [-0.25, -0.2) is 0 Å². The van der Waals surface area contributed by atoms with Gasteiger partial charge in [-0.3, -0.25) is 0 Å². The molecule has 37 heavy (non-hydrogen) atoms. The van der Waals surface area contributed by atoms with Crippen molar-refractivity contribution < 1.29 is 0 Å². The predicted octanol–water partition coefficient (Wildman–Crippen LogP) is 10.6. The SMILES string of the molecule is C=C1C2=C(CCC1(C)C(/C=C/N1CCCCC1)C(C)CCCC(C)C)C1(C)CCC(C)C(C)(C)C1CC2. The van der Waals surface area contributed by atoms with Crippen LogP contribution in [0.1, 0.15) is 132 Å². The highest BCUT2D eigenvalue weighted by Crippen LogP contribution is 2.66. The molecule has 4 aliphatic rings. The van der Waals surface area contributed by atoms with Crippen LogP contribution in [-0.4, -0.2) is 18.0 Å². The smallest absolute Gasteiger partial charge is 0.0172 e. The largest absolute Gasteiger partial charge is 0.378 e. The molecule has 6 unspecified atom stereocenters. The zero-order chi connectivity index (χ0) is 27.0. The Labute approximate surface area is 231 Å². The van der Waals surface area contributed by atoms with Crippen molar-refractivity contribution in [3.63, 3.8) is 0 Å². The molecule has 1 heterocycles. The third-order valence-electron chi connectivity index (χ3n) is 12.4. The summed E-state index contributed by atoms with van der Waals surface area (Å²) in [6.07, 6.45) is 21.3. The summed E-state index contributed by atoms with van der Waals surface area (Å²) >= 11 is 0. The van der Waals surface area contributed by atoms with Gasteiger partial charge in [-0.2, -0.15) is 0 Å². The molecule has 0 N–H and O–H groups in total. The fourth-order valence-electron chi connectivity index (χ4n) is 9.42. The highest BCUT2D eigenvalue weighted by Gasteiger charge is 2.55. The van der Waals surface area contributed by atoms with Crippen LogP contribution in [0.4, 0.5) is 0 Å². The van der Waals surface area contributed by atoms with E-state index in [1.54, 1.807) is 5.57 Å². The Bertz CT molecular complexity index is 867. The second-order valence-corrected chi connectivity index (χ2v) is 15.4. The lowest BCUT2D eigenvalue weighted by atomic mass is 9.44. The normalized spacial score (nSPS) is 36.0. The number of rotatable bonds is 8. The van der Waals surface area contributed by atoms with Gasteiger partial charge >= 0.3 is 0 Å². The molecule has 4 rings (SSSR count). The first-order valence-corrected chi connectivity index (χ1v) is 16.3. The molecule has 2 fully saturated rings. The molecule has 1 heteroatoms. The van der Waals surface area contributed by atoms with Gasteiger partial charge in [0.2, 0.25) is 0 Å². The minimum atomic E-state index is 0.184. The van der Waals surface area contributed by atoms with Crippen LogP contribution in [0.2, 0.25) is 0 Å². The summed E-state index contributed by atoms with van der Waals surface area (Å²) < 4.78 is 0. The van der Waals surface area contributed by atoms with Crippen LogP contribution in [0.5, 0.6) is 0 Å². The van der Waals surface area contributed by atoms with Gasteiger partial charge in [-0.05, 0) is 121 Å². The number of piperidine rings is 1. The molecule has 6 atom stereocenters. The molecule has 0 radical (unpaired) electrons. The molecule has 3 aliphatic carbocycles. The van der Waals surface area contributed by atoms with E-state index in [4.69, 9.17) is 6.58 Å². The van der Waals surface area contributed by atoms with Gasteiger partial charge in [0.25, 0.3) is 0 Å². The molecule has 1 aliphatic heterocycles. The lowest BCUT2D eigenvalue weighted by Gasteiger charge is -2.60. The maximum atomic E-state index is 4.97. The van der Waals surface area contributed by atoms with E-state index in [1.807, 2.05) is 5.57 Å². The van der Waals surface area contributed by atoms with Crippen LogP contribution >= 0.6 is 0 Å². The summed E-state index contributed by atoms with van der Waals surface area (Å²) in [6, 6.07) is 0. The lowest BCUT2D eigenvalue weighted by Crippen LogP contribution is -2.50. The highest BCUT2D eigenvalue weighted by molar-refractivity contribution is 5.47. The Hall–Kier alpha value is -0.980. The van der Waals surface area contributed by atoms with Crippen molar-refractivity contribution in [1.82, 2.24) is 4.90 Å². The average Bonchev–Trinajstić information content (AvgIpc) is 2.85. The Balaban J connectivity index is 1.62. The van der Waals surface area contributed by atoms with E-state index >= 15 is 0 Å². The van der Waals surface area contributed by atoms with Gasteiger partial charge in [0.15, 0.2) is 0 Å². The van der Waals surface area contributed by atoms with E-state index in [-0.39, 0.29) is 5.41 Å². The van der Waals surface area contributed by atoms with Crippen molar-refractivity contribution in [2.45, 2.75) is 132 Å². The molecule has 0 aromatic heterocycles. The van der Waals surface area contributed by atoms with E-state index in [0.29, 0.717) is 22.7 Å². The minimum absolute atomic E-state index is 0.184. The molecule has 0 amide bonds. The Morgan fingerprint density at radius 3 is 2.32 bits per heavy atom. The van der Waals surface area contributed by atoms with Gasteiger partial charge in [0.1, 0.15) is 0 Å². The second-order valence-electron chi connectivity index (χ2n) is 15.4.